The number of nitrogens with two attached hydrogens (primary N) is 1. The van der Waals surface area contributed by atoms with Gasteiger partial charge in [-0.2, -0.15) is 5.10 Å². The van der Waals surface area contributed by atoms with Gasteiger partial charge >= 0.3 is 0 Å². The van der Waals surface area contributed by atoms with Gasteiger partial charge in [0.25, 0.3) is 5.91 Å². The normalized spacial score (nSPS) is 21.4. The molecule has 0 saturated heterocycles. The molecule has 1 aliphatic carbocycles. The van der Waals surface area contributed by atoms with Crippen molar-refractivity contribution in [2.24, 2.45) is 18.7 Å². The second-order valence-electron chi connectivity index (χ2n) is 6.78. The Balaban J connectivity index is 1.63. The van der Waals surface area contributed by atoms with Crippen molar-refractivity contribution in [1.29, 1.82) is 0 Å². The number of aromatic nitrogens is 2. The first-order valence-corrected chi connectivity index (χ1v) is 9.46. The van der Waals surface area contributed by atoms with E-state index in [1.807, 2.05) is 20.0 Å². The lowest BCUT2D eigenvalue weighted by atomic mass is 10.0. The van der Waals surface area contributed by atoms with Gasteiger partial charge in [0.2, 0.25) is 5.91 Å². The van der Waals surface area contributed by atoms with Gasteiger partial charge in [-0.3, -0.25) is 14.3 Å². The van der Waals surface area contributed by atoms with Crippen molar-refractivity contribution in [2.45, 2.75) is 45.2 Å². The van der Waals surface area contributed by atoms with E-state index in [1.165, 1.54) is 11.3 Å². The maximum absolute atomic E-state index is 12.5. The van der Waals surface area contributed by atoms with E-state index < -0.39 is 6.04 Å². The van der Waals surface area contributed by atoms with Crippen LogP contribution in [0.1, 0.15) is 41.6 Å². The Bertz CT molecular complexity index is 762. The fraction of sp³-hybridized carbons (Fsp3) is 0.588. The largest absolute Gasteiger partial charge is 0.351 e. The van der Waals surface area contributed by atoms with Gasteiger partial charge in [-0.05, 0) is 45.2 Å². The highest BCUT2D eigenvalue weighted by atomic mass is 32.1. The molecular weight excluding hydrogens is 338 g/mol. The molecule has 3 rings (SSSR count). The molecule has 2 heterocycles. The molecule has 2 aromatic heterocycles. The average molecular weight is 363 g/mol. The fourth-order valence-corrected chi connectivity index (χ4v) is 4.49. The van der Waals surface area contributed by atoms with Crippen LogP contribution in [-0.4, -0.2) is 40.2 Å². The molecule has 0 bridgehead atoms. The lowest BCUT2D eigenvalue weighted by Crippen LogP contribution is -2.49. The quantitative estimate of drug-likeness (QED) is 0.745. The van der Waals surface area contributed by atoms with E-state index in [2.05, 4.69) is 15.7 Å². The Morgan fingerprint density at radius 3 is 2.92 bits per heavy atom. The molecule has 136 valence electrons. The maximum Gasteiger partial charge on any atom is 0.262 e. The van der Waals surface area contributed by atoms with Crippen LogP contribution < -0.4 is 16.4 Å². The molecule has 0 aliphatic heterocycles. The highest BCUT2D eigenvalue weighted by Gasteiger charge is 2.29. The van der Waals surface area contributed by atoms with Crippen molar-refractivity contribution in [3.05, 3.63) is 16.6 Å². The number of hydrogen-bond donors (Lipinski definition) is 3. The number of fused-ring (bicyclic) bond motifs is 1. The van der Waals surface area contributed by atoms with Crippen LogP contribution in [0, 0.1) is 12.8 Å². The lowest BCUT2D eigenvalue weighted by molar-refractivity contribution is -0.123. The molecule has 0 spiro atoms. The number of carbonyl (C=O) groups is 2. The molecule has 0 radical (unpaired) electrons. The van der Waals surface area contributed by atoms with E-state index >= 15 is 0 Å². The number of aryl methyl sites for hydroxylation is 2. The number of thiophene rings is 1. The first kappa shape index (κ1) is 17.9. The van der Waals surface area contributed by atoms with Crippen LogP contribution in [0.4, 0.5) is 0 Å². The first-order chi connectivity index (χ1) is 11.9. The summed E-state index contributed by atoms with van der Waals surface area (Å²) in [6, 6.07) is 1.37. The predicted molar refractivity (Wildman–Crippen MR) is 98.6 cm³/mol. The summed E-state index contributed by atoms with van der Waals surface area (Å²) in [5.74, 6) is -0.0485. The molecule has 1 fully saturated rings. The number of nitrogens with zero attached hydrogens (tertiary/aromatic N) is 2. The number of amides is 2. The average Bonchev–Trinajstić information content (AvgIpc) is 3.25. The van der Waals surface area contributed by atoms with Crippen molar-refractivity contribution in [2.75, 3.05) is 6.54 Å². The zero-order valence-electron chi connectivity index (χ0n) is 14.8. The van der Waals surface area contributed by atoms with Crippen molar-refractivity contribution in [1.82, 2.24) is 20.4 Å². The second-order valence-corrected chi connectivity index (χ2v) is 7.81. The van der Waals surface area contributed by atoms with Gasteiger partial charge in [0.15, 0.2) is 0 Å². The van der Waals surface area contributed by atoms with E-state index in [9.17, 15) is 9.59 Å². The van der Waals surface area contributed by atoms with Crippen molar-refractivity contribution >= 4 is 33.4 Å². The molecular formula is C17H25N5O2S. The third-order valence-electron chi connectivity index (χ3n) is 4.95. The minimum absolute atomic E-state index is 0.120. The van der Waals surface area contributed by atoms with Crippen molar-refractivity contribution in [3.8, 4) is 0 Å². The van der Waals surface area contributed by atoms with Gasteiger partial charge in [-0.1, -0.05) is 6.42 Å². The van der Waals surface area contributed by atoms with E-state index in [0.717, 1.165) is 35.2 Å². The van der Waals surface area contributed by atoms with E-state index in [-0.39, 0.29) is 17.9 Å². The minimum atomic E-state index is -0.587. The predicted octanol–water partition coefficient (Wildman–Crippen LogP) is 1.31. The molecule has 1 saturated carbocycles. The molecule has 3 atom stereocenters. The summed E-state index contributed by atoms with van der Waals surface area (Å²) in [4.78, 5) is 26.4. The summed E-state index contributed by atoms with van der Waals surface area (Å²) >= 11 is 1.38. The zero-order chi connectivity index (χ0) is 18.1. The van der Waals surface area contributed by atoms with Gasteiger partial charge in [-0.25, -0.2) is 0 Å². The van der Waals surface area contributed by atoms with E-state index in [4.69, 9.17) is 5.73 Å². The van der Waals surface area contributed by atoms with Gasteiger partial charge < -0.3 is 16.4 Å². The summed E-state index contributed by atoms with van der Waals surface area (Å²) < 4.78 is 1.77. The second kappa shape index (κ2) is 7.13. The number of rotatable bonds is 5. The van der Waals surface area contributed by atoms with Gasteiger partial charge in [0.1, 0.15) is 10.9 Å². The van der Waals surface area contributed by atoms with Gasteiger partial charge in [0.05, 0.1) is 10.6 Å². The number of hydrogen-bond acceptors (Lipinski definition) is 5. The van der Waals surface area contributed by atoms with Gasteiger partial charge in [0, 0.05) is 18.5 Å². The Morgan fingerprint density at radius 2 is 2.24 bits per heavy atom. The summed E-state index contributed by atoms with van der Waals surface area (Å²) in [6.07, 6.45) is 3.09. The van der Waals surface area contributed by atoms with Crippen molar-refractivity contribution in [3.63, 3.8) is 0 Å². The molecule has 0 aromatic carbocycles. The minimum Gasteiger partial charge on any atom is -0.351 e. The SMILES string of the molecule is Cc1nn(C)c2sc(C(=O)NC(C)C(=O)NC3CCCC3CN)cc12. The number of carbonyl (C=O) groups excluding carboxylic acids is 2. The summed E-state index contributed by atoms with van der Waals surface area (Å²) in [7, 11) is 1.86. The zero-order valence-corrected chi connectivity index (χ0v) is 15.7. The molecule has 2 amide bonds. The Hall–Kier alpha value is -1.93. The molecule has 7 nitrogen and oxygen atoms in total. The first-order valence-electron chi connectivity index (χ1n) is 8.65. The third kappa shape index (κ3) is 3.55. The maximum atomic E-state index is 12.5. The third-order valence-corrected chi connectivity index (χ3v) is 6.15. The van der Waals surface area contributed by atoms with Crippen LogP contribution in [-0.2, 0) is 11.8 Å². The number of nitrogens with one attached hydrogen (secondary N) is 2. The lowest BCUT2D eigenvalue weighted by Gasteiger charge is -2.22. The standard InChI is InChI=1S/C17H25N5O2S/c1-9-12-7-14(25-17(12)22(3)21-9)16(24)19-10(2)15(23)20-13-6-4-5-11(13)8-18/h7,10-11,13H,4-6,8,18H2,1-3H3,(H,19,24)(H,20,23). The molecule has 1 aliphatic rings. The smallest absolute Gasteiger partial charge is 0.262 e. The summed E-state index contributed by atoms with van der Waals surface area (Å²) in [5.41, 5.74) is 6.65. The van der Waals surface area contributed by atoms with Crippen LogP contribution in [0.3, 0.4) is 0 Å². The highest BCUT2D eigenvalue weighted by molar-refractivity contribution is 7.20. The van der Waals surface area contributed by atoms with E-state index in [0.29, 0.717) is 17.3 Å². The Kier molecular flexibility index (Phi) is 5.10. The molecule has 8 heteroatoms. The van der Waals surface area contributed by atoms with Crippen LogP contribution in [0.2, 0.25) is 0 Å². The molecule has 2 aromatic rings. The van der Waals surface area contributed by atoms with Crippen LogP contribution in [0.5, 0.6) is 0 Å². The molecule has 25 heavy (non-hydrogen) atoms. The molecule has 3 unspecified atom stereocenters. The Labute approximate surface area is 150 Å². The van der Waals surface area contributed by atoms with Crippen LogP contribution in [0.15, 0.2) is 6.07 Å². The van der Waals surface area contributed by atoms with Crippen molar-refractivity contribution < 1.29 is 9.59 Å². The summed E-state index contributed by atoms with van der Waals surface area (Å²) in [6.45, 7) is 4.21. The fourth-order valence-electron chi connectivity index (χ4n) is 3.47. The van der Waals surface area contributed by atoms with Crippen LogP contribution >= 0.6 is 11.3 Å². The summed E-state index contributed by atoms with van der Waals surface area (Å²) in [5, 5.41) is 11.1. The monoisotopic (exact) mass is 363 g/mol. The topological polar surface area (TPSA) is 102 Å². The Morgan fingerprint density at radius 1 is 1.48 bits per heavy atom. The van der Waals surface area contributed by atoms with Gasteiger partial charge in [-0.15, -0.1) is 11.3 Å². The van der Waals surface area contributed by atoms with Crippen LogP contribution in [0.25, 0.3) is 10.2 Å². The molecule has 4 N–H and O–H groups in total. The van der Waals surface area contributed by atoms with E-state index in [1.54, 1.807) is 11.6 Å². The highest BCUT2D eigenvalue weighted by Crippen LogP contribution is 2.27.